The summed E-state index contributed by atoms with van der Waals surface area (Å²) >= 11 is 0. The van der Waals surface area contributed by atoms with Gasteiger partial charge in [0, 0.05) is 18.2 Å². The second-order valence-corrected chi connectivity index (χ2v) is 4.53. The Kier molecular flexibility index (Phi) is 6.24. The molecule has 1 aromatic rings. The Labute approximate surface area is 123 Å². The summed E-state index contributed by atoms with van der Waals surface area (Å²) < 4.78 is 10.8. The molecule has 0 aliphatic heterocycles. The van der Waals surface area contributed by atoms with Crippen molar-refractivity contribution in [1.82, 2.24) is 4.90 Å². The number of nitriles is 1. The number of hydrogen-bond donors (Lipinski definition) is 1. The van der Waals surface area contributed by atoms with Crippen molar-refractivity contribution < 1.29 is 19.4 Å². The molecular weight excluding hydrogens is 272 g/mol. The van der Waals surface area contributed by atoms with Gasteiger partial charge in [0.15, 0.2) is 0 Å². The molecule has 1 aromatic carbocycles. The first-order chi connectivity index (χ1) is 9.97. The van der Waals surface area contributed by atoms with Crippen molar-refractivity contribution in [2.45, 2.75) is 0 Å². The molecule has 0 saturated heterocycles. The molecule has 0 unspecified atom stereocenters. The summed E-state index contributed by atoms with van der Waals surface area (Å²) in [5.41, 5.74) is 0.172. The number of hydrogen-bond acceptors (Lipinski definition) is 5. The lowest BCUT2D eigenvalue weighted by molar-refractivity contribution is -0.132. The van der Waals surface area contributed by atoms with E-state index in [1.165, 1.54) is 13.2 Å². The van der Waals surface area contributed by atoms with Gasteiger partial charge in [0.1, 0.15) is 29.7 Å². The summed E-state index contributed by atoms with van der Waals surface area (Å²) in [6.07, 6.45) is 1.28. The van der Waals surface area contributed by atoms with Crippen molar-refractivity contribution in [1.29, 1.82) is 5.26 Å². The van der Waals surface area contributed by atoms with Gasteiger partial charge in [0.2, 0.25) is 0 Å². The van der Waals surface area contributed by atoms with Crippen molar-refractivity contribution in [3.8, 4) is 17.6 Å². The molecular formula is C15H18N2O4. The smallest absolute Gasteiger partial charge is 0.346 e. The zero-order chi connectivity index (χ0) is 15.8. The lowest BCUT2D eigenvalue weighted by Crippen LogP contribution is -2.19. The van der Waals surface area contributed by atoms with Gasteiger partial charge in [-0.2, -0.15) is 5.26 Å². The zero-order valence-electron chi connectivity index (χ0n) is 12.3. The number of benzene rings is 1. The molecule has 0 saturated carbocycles. The normalized spacial score (nSPS) is 11.1. The van der Waals surface area contributed by atoms with E-state index in [2.05, 4.69) is 0 Å². The Hall–Kier alpha value is -2.52. The summed E-state index contributed by atoms with van der Waals surface area (Å²) in [6, 6.07) is 6.65. The average Bonchev–Trinajstić information content (AvgIpc) is 2.44. The molecule has 0 heterocycles. The molecule has 6 nitrogen and oxygen atoms in total. The lowest BCUT2D eigenvalue weighted by Gasteiger charge is -2.13. The maximum absolute atomic E-state index is 10.9. The fraction of sp³-hybridized carbons (Fsp3) is 0.333. The van der Waals surface area contributed by atoms with Crippen LogP contribution in [-0.2, 0) is 4.79 Å². The second kappa shape index (κ2) is 7.92. The van der Waals surface area contributed by atoms with Crippen LogP contribution in [0.1, 0.15) is 5.56 Å². The van der Waals surface area contributed by atoms with E-state index in [0.717, 1.165) is 0 Å². The number of nitrogens with zero attached hydrogens (tertiary/aromatic N) is 2. The first-order valence-electron chi connectivity index (χ1n) is 6.28. The van der Waals surface area contributed by atoms with E-state index in [-0.39, 0.29) is 5.57 Å². The molecule has 0 radical (unpaired) electrons. The van der Waals surface area contributed by atoms with Gasteiger partial charge >= 0.3 is 5.97 Å². The Morgan fingerprint density at radius 3 is 2.71 bits per heavy atom. The molecule has 0 aromatic heterocycles. The van der Waals surface area contributed by atoms with E-state index in [4.69, 9.17) is 19.8 Å². The maximum Gasteiger partial charge on any atom is 0.346 e. The highest BCUT2D eigenvalue weighted by Crippen LogP contribution is 2.27. The summed E-state index contributed by atoms with van der Waals surface area (Å²) in [7, 11) is 5.38. The molecule has 0 amide bonds. The topological polar surface area (TPSA) is 82.8 Å². The zero-order valence-corrected chi connectivity index (χ0v) is 12.3. The monoisotopic (exact) mass is 290 g/mol. The number of likely N-dealkylation sites (N-methyl/N-ethyl adjacent to an activating group) is 1. The Morgan fingerprint density at radius 2 is 2.19 bits per heavy atom. The van der Waals surface area contributed by atoms with Crippen molar-refractivity contribution in [2.24, 2.45) is 0 Å². The fourth-order valence-corrected chi connectivity index (χ4v) is 1.52. The van der Waals surface area contributed by atoms with Gasteiger partial charge in [-0.3, -0.25) is 0 Å². The molecule has 1 rings (SSSR count). The van der Waals surface area contributed by atoms with Crippen molar-refractivity contribution in [3.63, 3.8) is 0 Å². The standard InChI is InChI=1S/C15H18N2O4/c1-17(2)6-7-21-14-9-13(20-3)5-4-11(14)8-12(10-16)15(18)19/h4-5,8-9H,6-7H2,1-3H3,(H,18,19). The van der Waals surface area contributed by atoms with Gasteiger partial charge in [-0.15, -0.1) is 0 Å². The van der Waals surface area contributed by atoms with E-state index < -0.39 is 5.97 Å². The van der Waals surface area contributed by atoms with Gasteiger partial charge in [0.25, 0.3) is 0 Å². The van der Waals surface area contributed by atoms with Crippen LogP contribution in [-0.4, -0.2) is 50.3 Å². The average molecular weight is 290 g/mol. The van der Waals surface area contributed by atoms with Crippen LogP contribution in [0.25, 0.3) is 6.08 Å². The minimum atomic E-state index is -1.27. The SMILES string of the molecule is COc1ccc(C=C(C#N)C(=O)O)c(OCCN(C)C)c1. The van der Waals surface area contributed by atoms with Crippen molar-refractivity contribution >= 4 is 12.0 Å². The van der Waals surface area contributed by atoms with Crippen molar-refractivity contribution in [3.05, 3.63) is 29.3 Å². The van der Waals surface area contributed by atoms with Gasteiger partial charge in [-0.05, 0) is 32.3 Å². The molecule has 0 aliphatic rings. The third-order valence-electron chi connectivity index (χ3n) is 2.67. The molecule has 6 heteroatoms. The summed E-state index contributed by atoms with van der Waals surface area (Å²) in [4.78, 5) is 12.9. The highest BCUT2D eigenvalue weighted by molar-refractivity contribution is 5.96. The molecule has 21 heavy (non-hydrogen) atoms. The first kappa shape index (κ1) is 16.5. The van der Waals surface area contributed by atoms with Gasteiger partial charge in [-0.25, -0.2) is 4.79 Å². The molecule has 0 bridgehead atoms. The van der Waals surface area contributed by atoms with Crippen LogP contribution in [0.5, 0.6) is 11.5 Å². The predicted octanol–water partition coefficient (Wildman–Crippen LogP) is 1.63. The molecule has 0 atom stereocenters. The highest BCUT2D eigenvalue weighted by Gasteiger charge is 2.10. The number of aliphatic carboxylic acids is 1. The Morgan fingerprint density at radius 1 is 1.48 bits per heavy atom. The van der Waals surface area contributed by atoms with Crippen LogP contribution < -0.4 is 9.47 Å². The first-order valence-corrected chi connectivity index (χ1v) is 6.28. The van der Waals surface area contributed by atoms with Gasteiger partial charge < -0.3 is 19.5 Å². The number of carbonyl (C=O) groups is 1. The maximum atomic E-state index is 10.9. The van der Waals surface area contributed by atoms with Crippen LogP contribution in [0.3, 0.4) is 0 Å². The van der Waals surface area contributed by atoms with E-state index in [9.17, 15) is 4.79 Å². The minimum Gasteiger partial charge on any atom is -0.497 e. The van der Waals surface area contributed by atoms with Gasteiger partial charge in [0.05, 0.1) is 7.11 Å². The molecule has 0 aliphatic carbocycles. The number of methoxy groups -OCH3 is 1. The molecule has 0 spiro atoms. The minimum absolute atomic E-state index is 0.349. The Bertz CT molecular complexity index is 574. The van der Waals surface area contributed by atoms with Gasteiger partial charge in [-0.1, -0.05) is 0 Å². The largest absolute Gasteiger partial charge is 0.497 e. The van der Waals surface area contributed by atoms with E-state index >= 15 is 0 Å². The van der Waals surface area contributed by atoms with Crippen LogP contribution >= 0.6 is 0 Å². The number of ether oxygens (including phenoxy) is 2. The molecule has 112 valence electrons. The quantitative estimate of drug-likeness (QED) is 0.607. The summed E-state index contributed by atoms with van der Waals surface area (Å²) in [5.74, 6) is -0.196. The van der Waals surface area contributed by atoms with E-state index in [1.54, 1.807) is 24.3 Å². The highest BCUT2D eigenvalue weighted by atomic mass is 16.5. The number of carboxylic acid groups (broad SMARTS) is 1. The third kappa shape index (κ3) is 5.16. The van der Waals surface area contributed by atoms with E-state index in [0.29, 0.717) is 30.2 Å². The Balaban J connectivity index is 3.07. The summed E-state index contributed by atoms with van der Waals surface area (Å²) in [5, 5.41) is 17.7. The van der Waals surface area contributed by atoms with E-state index in [1.807, 2.05) is 19.0 Å². The third-order valence-corrected chi connectivity index (χ3v) is 2.67. The van der Waals surface area contributed by atoms with Crippen LogP contribution in [0.4, 0.5) is 0 Å². The second-order valence-electron chi connectivity index (χ2n) is 4.53. The van der Waals surface area contributed by atoms with Crippen molar-refractivity contribution in [2.75, 3.05) is 34.4 Å². The molecule has 0 fully saturated rings. The molecule has 1 N–H and O–H groups in total. The number of carboxylic acids is 1. The fourth-order valence-electron chi connectivity index (χ4n) is 1.52. The van der Waals surface area contributed by atoms with Crippen LogP contribution in [0.2, 0.25) is 0 Å². The lowest BCUT2D eigenvalue weighted by atomic mass is 10.1. The predicted molar refractivity (Wildman–Crippen MR) is 78.3 cm³/mol. The van der Waals surface area contributed by atoms with Crippen LogP contribution in [0, 0.1) is 11.3 Å². The number of rotatable bonds is 7. The van der Waals surface area contributed by atoms with Crippen LogP contribution in [0.15, 0.2) is 23.8 Å². The summed E-state index contributed by atoms with van der Waals surface area (Å²) in [6.45, 7) is 1.15.